The van der Waals surface area contributed by atoms with Crippen molar-refractivity contribution in [2.75, 3.05) is 12.8 Å². The van der Waals surface area contributed by atoms with Gasteiger partial charge < -0.3 is 15.2 Å². The van der Waals surface area contributed by atoms with Crippen LogP contribution in [-0.2, 0) is 0 Å². The number of hydrogen-bond acceptors (Lipinski definition) is 6. The lowest BCUT2D eigenvalue weighted by molar-refractivity contribution is 0.202. The molecular weight excluding hydrogens is 232 g/mol. The summed E-state index contributed by atoms with van der Waals surface area (Å²) in [5, 5.41) is 0. The molecule has 2 rings (SSSR count). The van der Waals surface area contributed by atoms with E-state index in [4.69, 9.17) is 15.2 Å². The molecule has 2 heterocycles. The smallest absolute Gasteiger partial charge is 0.257 e. The lowest BCUT2D eigenvalue weighted by Crippen LogP contribution is -2.09. The van der Waals surface area contributed by atoms with Gasteiger partial charge in [-0.3, -0.25) is 0 Å². The summed E-state index contributed by atoms with van der Waals surface area (Å²) < 4.78 is 10.9. The number of aromatic nitrogens is 3. The highest BCUT2D eigenvalue weighted by Gasteiger charge is 2.13. The third-order valence-electron chi connectivity index (χ3n) is 2.36. The molecule has 0 aliphatic heterocycles. The van der Waals surface area contributed by atoms with Crippen molar-refractivity contribution in [2.24, 2.45) is 0 Å². The summed E-state index contributed by atoms with van der Waals surface area (Å²) in [6.07, 6.45) is 2.94. The van der Waals surface area contributed by atoms with Crippen LogP contribution in [0.15, 0.2) is 30.6 Å². The summed E-state index contributed by atoms with van der Waals surface area (Å²) in [6.45, 7) is 1.86. The molecule has 1 atom stereocenters. The van der Waals surface area contributed by atoms with E-state index < -0.39 is 0 Å². The molecule has 0 aliphatic rings. The quantitative estimate of drug-likeness (QED) is 0.882. The second kappa shape index (κ2) is 5.31. The van der Waals surface area contributed by atoms with Gasteiger partial charge >= 0.3 is 0 Å². The Morgan fingerprint density at radius 2 is 2.06 bits per heavy atom. The largest absolute Gasteiger partial charge is 0.491 e. The van der Waals surface area contributed by atoms with E-state index in [-0.39, 0.29) is 12.1 Å². The highest BCUT2D eigenvalue weighted by atomic mass is 16.5. The van der Waals surface area contributed by atoms with Crippen molar-refractivity contribution < 1.29 is 9.47 Å². The van der Waals surface area contributed by atoms with Gasteiger partial charge in [0, 0.05) is 12.4 Å². The van der Waals surface area contributed by atoms with Gasteiger partial charge in [-0.15, -0.1) is 0 Å². The molecule has 6 heteroatoms. The maximum absolute atomic E-state index is 5.70. The van der Waals surface area contributed by atoms with E-state index in [2.05, 4.69) is 15.0 Å². The van der Waals surface area contributed by atoms with Gasteiger partial charge in [0.15, 0.2) is 5.75 Å². The van der Waals surface area contributed by atoms with Gasteiger partial charge in [0.25, 0.3) is 5.88 Å². The SMILES string of the molecule is COc1cccnc1O[C@H](C)c1ccnc(N)n1. The Morgan fingerprint density at radius 1 is 1.22 bits per heavy atom. The molecule has 0 spiro atoms. The molecule has 6 nitrogen and oxygen atoms in total. The molecule has 18 heavy (non-hydrogen) atoms. The number of anilines is 1. The first-order chi connectivity index (χ1) is 8.70. The number of methoxy groups -OCH3 is 1. The lowest BCUT2D eigenvalue weighted by atomic mass is 10.3. The number of nitrogens with zero attached hydrogens (tertiary/aromatic N) is 3. The predicted octanol–water partition coefficient (Wildman–Crippen LogP) is 1.60. The van der Waals surface area contributed by atoms with Crippen LogP contribution in [0.5, 0.6) is 11.6 Å². The Kier molecular flexibility index (Phi) is 3.57. The highest BCUT2D eigenvalue weighted by Crippen LogP contribution is 2.27. The first-order valence-electron chi connectivity index (χ1n) is 5.45. The fraction of sp³-hybridized carbons (Fsp3) is 0.250. The Labute approximate surface area is 105 Å². The Balaban J connectivity index is 2.18. The Morgan fingerprint density at radius 3 is 2.78 bits per heavy atom. The number of nitrogens with two attached hydrogens (primary N) is 1. The van der Waals surface area contributed by atoms with Crippen molar-refractivity contribution in [3.8, 4) is 11.6 Å². The summed E-state index contributed by atoms with van der Waals surface area (Å²) in [5.74, 6) is 1.21. The molecule has 2 aromatic rings. The van der Waals surface area contributed by atoms with Gasteiger partial charge in [0.05, 0.1) is 12.8 Å². The zero-order valence-corrected chi connectivity index (χ0v) is 10.2. The maximum Gasteiger partial charge on any atom is 0.257 e. The van der Waals surface area contributed by atoms with Crippen LogP contribution < -0.4 is 15.2 Å². The summed E-state index contributed by atoms with van der Waals surface area (Å²) >= 11 is 0. The zero-order chi connectivity index (χ0) is 13.0. The maximum atomic E-state index is 5.70. The molecule has 0 aromatic carbocycles. The van der Waals surface area contributed by atoms with E-state index in [1.54, 1.807) is 37.7 Å². The zero-order valence-electron chi connectivity index (χ0n) is 10.2. The second-order valence-corrected chi connectivity index (χ2v) is 3.61. The van der Waals surface area contributed by atoms with Crippen LogP contribution in [0.3, 0.4) is 0 Å². The van der Waals surface area contributed by atoms with Gasteiger partial charge in [-0.1, -0.05) is 0 Å². The van der Waals surface area contributed by atoms with Crippen LogP contribution in [0, 0.1) is 0 Å². The van der Waals surface area contributed by atoms with E-state index in [1.165, 1.54) is 0 Å². The van der Waals surface area contributed by atoms with Gasteiger partial charge in [-0.05, 0) is 25.1 Å². The standard InChI is InChI=1S/C12H14N4O2/c1-8(9-5-7-15-12(13)16-9)18-11-10(17-2)4-3-6-14-11/h3-8H,1-2H3,(H2,13,15,16)/t8-/m1/s1. The number of rotatable bonds is 4. The molecule has 0 unspecified atom stereocenters. The first kappa shape index (κ1) is 12.1. The lowest BCUT2D eigenvalue weighted by Gasteiger charge is -2.15. The van der Waals surface area contributed by atoms with Crippen molar-refractivity contribution in [3.05, 3.63) is 36.3 Å². The van der Waals surface area contributed by atoms with Crippen molar-refractivity contribution >= 4 is 5.95 Å². The molecular formula is C12H14N4O2. The van der Waals surface area contributed by atoms with Crippen LogP contribution >= 0.6 is 0 Å². The van der Waals surface area contributed by atoms with E-state index in [1.807, 2.05) is 6.92 Å². The average molecular weight is 246 g/mol. The van der Waals surface area contributed by atoms with Crippen LogP contribution in [-0.4, -0.2) is 22.1 Å². The minimum atomic E-state index is -0.293. The second-order valence-electron chi connectivity index (χ2n) is 3.61. The van der Waals surface area contributed by atoms with Crippen molar-refractivity contribution in [1.29, 1.82) is 0 Å². The highest BCUT2D eigenvalue weighted by molar-refractivity contribution is 5.33. The average Bonchev–Trinajstić information content (AvgIpc) is 2.39. The van der Waals surface area contributed by atoms with E-state index in [0.29, 0.717) is 17.3 Å². The molecule has 94 valence electrons. The summed E-state index contributed by atoms with van der Waals surface area (Å²) in [4.78, 5) is 12.0. The fourth-order valence-corrected chi connectivity index (χ4v) is 1.46. The fourth-order valence-electron chi connectivity index (χ4n) is 1.46. The van der Waals surface area contributed by atoms with E-state index >= 15 is 0 Å². The van der Waals surface area contributed by atoms with Crippen molar-refractivity contribution in [1.82, 2.24) is 15.0 Å². The number of ether oxygens (including phenoxy) is 2. The number of nitrogen functional groups attached to an aromatic ring is 1. The summed E-state index contributed by atoms with van der Waals surface area (Å²) in [5.41, 5.74) is 6.22. The summed E-state index contributed by atoms with van der Waals surface area (Å²) in [7, 11) is 1.57. The molecule has 0 saturated heterocycles. The van der Waals surface area contributed by atoms with Crippen LogP contribution in [0.25, 0.3) is 0 Å². The van der Waals surface area contributed by atoms with Gasteiger partial charge in [0.1, 0.15) is 6.10 Å². The first-order valence-corrected chi connectivity index (χ1v) is 5.45. The molecule has 0 fully saturated rings. The third kappa shape index (κ3) is 2.65. The molecule has 2 aromatic heterocycles. The van der Waals surface area contributed by atoms with Crippen LogP contribution in [0.2, 0.25) is 0 Å². The van der Waals surface area contributed by atoms with Gasteiger partial charge in [-0.25, -0.2) is 15.0 Å². The minimum absolute atomic E-state index is 0.218. The number of pyridine rings is 1. The minimum Gasteiger partial charge on any atom is -0.491 e. The molecule has 2 N–H and O–H groups in total. The molecule has 0 amide bonds. The monoisotopic (exact) mass is 246 g/mol. The van der Waals surface area contributed by atoms with Gasteiger partial charge in [0.2, 0.25) is 5.95 Å². The van der Waals surface area contributed by atoms with Crippen molar-refractivity contribution in [3.63, 3.8) is 0 Å². The molecule has 0 aliphatic carbocycles. The molecule has 0 bridgehead atoms. The normalized spacial score (nSPS) is 11.9. The Bertz CT molecular complexity index is 533. The van der Waals surface area contributed by atoms with Crippen LogP contribution in [0.4, 0.5) is 5.95 Å². The van der Waals surface area contributed by atoms with E-state index in [9.17, 15) is 0 Å². The predicted molar refractivity (Wildman–Crippen MR) is 66.3 cm³/mol. The van der Waals surface area contributed by atoms with Gasteiger partial charge in [-0.2, -0.15) is 0 Å². The molecule has 0 saturated carbocycles. The van der Waals surface area contributed by atoms with E-state index in [0.717, 1.165) is 0 Å². The van der Waals surface area contributed by atoms with Crippen molar-refractivity contribution in [2.45, 2.75) is 13.0 Å². The number of hydrogen-bond donors (Lipinski definition) is 1. The topological polar surface area (TPSA) is 83.2 Å². The third-order valence-corrected chi connectivity index (χ3v) is 2.36. The Hall–Kier alpha value is -2.37. The summed E-state index contributed by atoms with van der Waals surface area (Å²) in [6, 6.07) is 5.30. The molecule has 0 radical (unpaired) electrons. The van der Waals surface area contributed by atoms with Crippen LogP contribution in [0.1, 0.15) is 18.7 Å².